The summed E-state index contributed by atoms with van der Waals surface area (Å²) >= 11 is 1.61. The molecule has 1 aromatic heterocycles. The van der Waals surface area contributed by atoms with Crippen molar-refractivity contribution in [3.05, 3.63) is 24.3 Å². The lowest BCUT2D eigenvalue weighted by Crippen LogP contribution is -2.64. The Kier molecular flexibility index (Phi) is 14.2. The van der Waals surface area contributed by atoms with Crippen molar-refractivity contribution in [1.82, 2.24) is 36.1 Å². The lowest BCUT2D eigenvalue weighted by atomic mass is 9.82. The summed E-state index contributed by atoms with van der Waals surface area (Å²) in [6.45, 7) is 9.41. The van der Waals surface area contributed by atoms with Crippen molar-refractivity contribution in [3.8, 4) is 0 Å². The van der Waals surface area contributed by atoms with Gasteiger partial charge in [0.05, 0.1) is 12.2 Å². The topological polar surface area (TPSA) is 180 Å². The Labute approximate surface area is 300 Å². The minimum atomic E-state index is -1.03. The maximum absolute atomic E-state index is 14.7. The molecule has 1 aliphatic heterocycles. The number of hydrogen-bond acceptors (Lipinski definition) is 9. The lowest BCUT2D eigenvalue weighted by molar-refractivity contribution is -0.147. The number of hydrogen-bond donors (Lipinski definition) is 4. The number of thioether (sulfide) groups is 1. The fraction of sp³-hybridized carbons (Fsp3) is 0.722. The van der Waals surface area contributed by atoms with Gasteiger partial charge >= 0.3 is 0 Å². The van der Waals surface area contributed by atoms with Gasteiger partial charge in [0.1, 0.15) is 23.8 Å². The summed E-state index contributed by atoms with van der Waals surface area (Å²) in [5, 5.41) is 11.2. The second kappa shape index (κ2) is 18.1. The largest absolute Gasteiger partial charge is 0.347 e. The number of amides is 5. The van der Waals surface area contributed by atoms with Crippen LogP contribution in [0.4, 0.5) is 0 Å². The van der Waals surface area contributed by atoms with Gasteiger partial charge in [-0.2, -0.15) is 11.8 Å². The zero-order valence-corrected chi connectivity index (χ0v) is 31.0. The Balaban J connectivity index is 1.58. The molecule has 4 unspecified atom stereocenters. The third-order valence-corrected chi connectivity index (χ3v) is 11.2. The van der Waals surface area contributed by atoms with E-state index in [-0.39, 0.29) is 35.9 Å². The van der Waals surface area contributed by atoms with Crippen LogP contribution >= 0.6 is 11.8 Å². The number of likely N-dealkylation sites (N-methyl/N-ethyl adjacent to an activating group) is 1. The molecule has 13 nitrogen and oxygen atoms in total. The molecule has 0 spiro atoms. The van der Waals surface area contributed by atoms with E-state index in [1.165, 1.54) is 23.5 Å². The van der Waals surface area contributed by atoms with E-state index in [2.05, 4.69) is 31.2 Å². The van der Waals surface area contributed by atoms with Crippen LogP contribution in [-0.2, 0) is 24.0 Å². The molecular formula is C36H55N7O6S. The first-order valence-corrected chi connectivity index (χ1v) is 19.3. The van der Waals surface area contributed by atoms with Gasteiger partial charge in [-0.15, -0.1) is 0 Å². The quantitative estimate of drug-likeness (QED) is 0.188. The highest BCUT2D eigenvalue weighted by atomic mass is 32.2. The Bertz CT molecular complexity index is 1360. The minimum Gasteiger partial charge on any atom is -0.347 e. The molecular weight excluding hydrogens is 659 g/mol. The van der Waals surface area contributed by atoms with Gasteiger partial charge in [0, 0.05) is 30.2 Å². The van der Waals surface area contributed by atoms with Crippen LogP contribution in [0.2, 0.25) is 0 Å². The van der Waals surface area contributed by atoms with E-state index >= 15 is 0 Å². The van der Waals surface area contributed by atoms with E-state index in [0.717, 1.165) is 57.1 Å². The van der Waals surface area contributed by atoms with Crippen LogP contribution in [0, 0.1) is 11.3 Å². The molecule has 4 rings (SSSR count). The second-order valence-electron chi connectivity index (χ2n) is 14.8. The second-order valence-corrected chi connectivity index (χ2v) is 16.2. The maximum atomic E-state index is 14.7. The first-order chi connectivity index (χ1) is 23.8. The predicted molar refractivity (Wildman–Crippen MR) is 191 cm³/mol. The fourth-order valence-corrected chi connectivity index (χ4v) is 8.27. The average Bonchev–Trinajstić information content (AvgIpc) is 3.76. The van der Waals surface area contributed by atoms with Gasteiger partial charge in [-0.25, -0.2) is 4.98 Å². The Morgan fingerprint density at radius 3 is 2.18 bits per heavy atom. The van der Waals surface area contributed by atoms with Gasteiger partial charge in [0.2, 0.25) is 23.5 Å². The first-order valence-electron chi connectivity index (χ1n) is 18.3. The summed E-state index contributed by atoms with van der Waals surface area (Å²) in [5.74, 6) is -2.57. The van der Waals surface area contributed by atoms with Crippen molar-refractivity contribution in [2.45, 2.75) is 141 Å². The van der Waals surface area contributed by atoms with E-state index in [1.54, 1.807) is 18.7 Å². The van der Waals surface area contributed by atoms with Gasteiger partial charge in [-0.05, 0) is 69.0 Å². The molecule has 2 aliphatic carbocycles. The SMILES string of the molecule is CCCC(NC(=O)[C@H](C1CCCS1)N(CC)C(=O)C(NC(=O)C(NC(=O)c1cnccn1)C1CCCCC1)C(C)(C)C)C(=O)C(=O)NC1CC1. The molecule has 4 N–H and O–H groups in total. The van der Waals surface area contributed by atoms with E-state index in [0.29, 0.717) is 12.8 Å². The zero-order chi connectivity index (χ0) is 36.4. The normalized spacial score (nSPS) is 20.5. The van der Waals surface area contributed by atoms with Crippen molar-refractivity contribution >= 4 is 47.1 Å². The third-order valence-electron chi connectivity index (χ3n) is 9.78. The van der Waals surface area contributed by atoms with Gasteiger partial charge in [-0.1, -0.05) is 53.4 Å². The van der Waals surface area contributed by atoms with Crippen molar-refractivity contribution in [2.75, 3.05) is 12.3 Å². The summed E-state index contributed by atoms with van der Waals surface area (Å²) < 4.78 is 0. The van der Waals surface area contributed by atoms with E-state index in [9.17, 15) is 28.8 Å². The number of ketones is 1. The Morgan fingerprint density at radius 2 is 1.62 bits per heavy atom. The summed E-state index contributed by atoms with van der Waals surface area (Å²) in [4.78, 5) is 91.7. The Morgan fingerprint density at radius 1 is 0.900 bits per heavy atom. The molecule has 2 heterocycles. The van der Waals surface area contributed by atoms with Crippen molar-refractivity contribution in [1.29, 1.82) is 0 Å². The smallest absolute Gasteiger partial charge is 0.289 e. The molecule has 50 heavy (non-hydrogen) atoms. The molecule has 5 atom stereocenters. The highest BCUT2D eigenvalue weighted by Gasteiger charge is 2.45. The molecule has 3 fully saturated rings. The molecule has 2 saturated carbocycles. The summed E-state index contributed by atoms with van der Waals surface area (Å²) in [7, 11) is 0. The van der Waals surface area contributed by atoms with Gasteiger partial charge in [-0.3, -0.25) is 33.8 Å². The molecule has 0 bridgehead atoms. The van der Waals surface area contributed by atoms with Crippen molar-refractivity contribution in [3.63, 3.8) is 0 Å². The Hall–Kier alpha value is -3.55. The number of Topliss-reactive ketones (excluding diaryl/α,β-unsaturated/α-hetero) is 1. The minimum absolute atomic E-state index is 0.00264. The zero-order valence-electron chi connectivity index (χ0n) is 30.2. The molecule has 0 aromatic carbocycles. The molecule has 5 amide bonds. The molecule has 1 aromatic rings. The molecule has 14 heteroatoms. The van der Waals surface area contributed by atoms with Crippen LogP contribution < -0.4 is 21.3 Å². The molecule has 0 radical (unpaired) electrons. The first kappa shape index (κ1) is 39.2. The number of nitrogens with zero attached hydrogens (tertiary/aromatic N) is 3. The number of carbonyl (C=O) groups is 6. The van der Waals surface area contributed by atoms with Crippen LogP contribution in [0.3, 0.4) is 0 Å². The average molecular weight is 714 g/mol. The van der Waals surface area contributed by atoms with Crippen molar-refractivity contribution < 1.29 is 28.8 Å². The molecule has 3 aliphatic rings. The fourth-order valence-electron chi connectivity index (χ4n) is 6.85. The number of carbonyl (C=O) groups excluding carboxylic acids is 6. The highest BCUT2D eigenvalue weighted by Crippen LogP contribution is 2.33. The van der Waals surface area contributed by atoms with E-state index in [4.69, 9.17) is 0 Å². The standard InChI is InChI=1S/C36H55N7O6S/c1-6-12-24(29(44)34(48)39-23-16-17-23)40-33(47)28(26-15-11-20-50-26)43(7-2)35(49)30(36(3,4)5)42-32(46)27(22-13-9-8-10-14-22)41-31(45)25-21-37-18-19-38-25/h18-19,21-24,26-28,30H,6-17,20H2,1-5H3,(H,39,48)(H,40,47)(H,41,45)(H,42,46)/t24?,26?,27?,28-,30?/m0/s1. The van der Waals surface area contributed by atoms with Gasteiger partial charge < -0.3 is 26.2 Å². The monoisotopic (exact) mass is 713 g/mol. The van der Waals surface area contributed by atoms with Crippen LogP contribution in [0.5, 0.6) is 0 Å². The van der Waals surface area contributed by atoms with E-state index < -0.39 is 64.9 Å². The van der Waals surface area contributed by atoms with Crippen LogP contribution in [-0.4, -0.2) is 97.9 Å². The summed E-state index contributed by atoms with van der Waals surface area (Å²) in [6, 6.07) is -3.87. The number of nitrogens with one attached hydrogen (secondary N) is 4. The van der Waals surface area contributed by atoms with E-state index in [1.807, 2.05) is 27.7 Å². The maximum Gasteiger partial charge on any atom is 0.289 e. The number of rotatable bonds is 16. The van der Waals surface area contributed by atoms with Gasteiger partial charge in [0.25, 0.3) is 11.8 Å². The van der Waals surface area contributed by atoms with Crippen LogP contribution in [0.15, 0.2) is 18.6 Å². The summed E-state index contributed by atoms with van der Waals surface area (Å²) in [5.41, 5.74) is -0.674. The lowest BCUT2D eigenvalue weighted by Gasteiger charge is -2.40. The molecule has 1 saturated heterocycles. The van der Waals surface area contributed by atoms with Crippen molar-refractivity contribution in [2.24, 2.45) is 11.3 Å². The summed E-state index contributed by atoms with van der Waals surface area (Å²) in [6.07, 6.45) is 12.7. The van der Waals surface area contributed by atoms with Gasteiger partial charge in [0.15, 0.2) is 0 Å². The predicted octanol–water partition coefficient (Wildman–Crippen LogP) is 2.93. The van der Waals surface area contributed by atoms with Crippen LogP contribution in [0.25, 0.3) is 0 Å². The van der Waals surface area contributed by atoms with Crippen LogP contribution in [0.1, 0.15) is 116 Å². The number of aromatic nitrogens is 2. The molecule has 276 valence electrons. The third kappa shape index (κ3) is 10.5. The highest BCUT2D eigenvalue weighted by molar-refractivity contribution is 8.00.